The number of primary amides is 1. The lowest BCUT2D eigenvalue weighted by Gasteiger charge is -2.12. The number of carboxylic acids is 1. The first-order chi connectivity index (χ1) is 8.04. The van der Waals surface area contributed by atoms with Crippen molar-refractivity contribution in [3.63, 3.8) is 0 Å². The minimum atomic E-state index is -1.05. The van der Waals surface area contributed by atoms with Gasteiger partial charge in [0, 0.05) is 0 Å². The molecule has 1 atom stereocenters. The lowest BCUT2D eigenvalue weighted by molar-refractivity contribution is -0.139. The van der Waals surface area contributed by atoms with Crippen molar-refractivity contribution >= 4 is 11.9 Å². The molecule has 0 saturated carbocycles. The molecule has 0 spiro atoms. The topological polar surface area (TPSA) is 89.6 Å². The number of ether oxygens (including phenoxy) is 1. The van der Waals surface area contributed by atoms with Gasteiger partial charge in [-0.1, -0.05) is 12.1 Å². The zero-order valence-corrected chi connectivity index (χ0v) is 9.55. The molecule has 5 nitrogen and oxygen atoms in total. The van der Waals surface area contributed by atoms with Crippen LogP contribution >= 0.6 is 0 Å². The van der Waals surface area contributed by atoms with Crippen LogP contribution in [0.25, 0.3) is 0 Å². The third-order valence-electron chi connectivity index (χ3n) is 2.32. The highest BCUT2D eigenvalue weighted by atomic mass is 16.5. The Morgan fingerprint density at radius 3 is 2.35 bits per heavy atom. The van der Waals surface area contributed by atoms with E-state index in [-0.39, 0.29) is 6.42 Å². The molecule has 0 aliphatic carbocycles. The fourth-order valence-corrected chi connectivity index (χ4v) is 1.52. The SMILES string of the molecule is CCOc1ccc(C(CC(=O)O)C(N)=O)cc1. The van der Waals surface area contributed by atoms with Crippen LogP contribution in [0.5, 0.6) is 5.75 Å². The second-order valence-corrected chi connectivity index (χ2v) is 3.55. The number of carbonyl (C=O) groups excluding carboxylic acids is 1. The molecule has 0 aliphatic rings. The van der Waals surface area contributed by atoms with E-state index in [2.05, 4.69) is 0 Å². The number of hydrogen-bond donors (Lipinski definition) is 2. The molecular formula is C12H15NO4. The minimum Gasteiger partial charge on any atom is -0.494 e. The van der Waals surface area contributed by atoms with Crippen molar-refractivity contribution < 1.29 is 19.4 Å². The van der Waals surface area contributed by atoms with Gasteiger partial charge in [-0.2, -0.15) is 0 Å². The maximum Gasteiger partial charge on any atom is 0.304 e. The summed E-state index contributed by atoms with van der Waals surface area (Å²) in [4.78, 5) is 21.8. The Morgan fingerprint density at radius 2 is 1.94 bits per heavy atom. The molecule has 1 rings (SSSR count). The Kier molecular flexibility index (Phi) is 4.51. The maximum absolute atomic E-state index is 11.2. The van der Waals surface area contributed by atoms with Crippen molar-refractivity contribution in [3.05, 3.63) is 29.8 Å². The van der Waals surface area contributed by atoms with E-state index in [0.717, 1.165) is 0 Å². The summed E-state index contributed by atoms with van der Waals surface area (Å²) in [5, 5.41) is 8.70. The molecule has 1 aromatic carbocycles. The number of hydrogen-bond acceptors (Lipinski definition) is 3. The average molecular weight is 237 g/mol. The van der Waals surface area contributed by atoms with Gasteiger partial charge in [0.2, 0.25) is 5.91 Å². The zero-order valence-electron chi connectivity index (χ0n) is 9.55. The van der Waals surface area contributed by atoms with Crippen molar-refractivity contribution in [2.75, 3.05) is 6.61 Å². The van der Waals surface area contributed by atoms with Gasteiger partial charge in [-0.3, -0.25) is 9.59 Å². The molecule has 0 aliphatic heterocycles. The van der Waals surface area contributed by atoms with Crippen molar-refractivity contribution in [2.24, 2.45) is 5.73 Å². The third kappa shape index (κ3) is 3.79. The van der Waals surface area contributed by atoms with Crippen LogP contribution in [-0.2, 0) is 9.59 Å². The predicted octanol–water partition coefficient (Wildman–Crippen LogP) is 1.13. The van der Waals surface area contributed by atoms with Crippen LogP contribution in [0.15, 0.2) is 24.3 Å². The fraction of sp³-hybridized carbons (Fsp3) is 0.333. The number of carboxylic acid groups (broad SMARTS) is 1. The monoisotopic (exact) mass is 237 g/mol. The molecule has 0 radical (unpaired) electrons. The fourth-order valence-electron chi connectivity index (χ4n) is 1.52. The van der Waals surface area contributed by atoms with Crippen molar-refractivity contribution in [1.29, 1.82) is 0 Å². The van der Waals surface area contributed by atoms with Crippen LogP contribution in [0.1, 0.15) is 24.8 Å². The van der Waals surface area contributed by atoms with E-state index in [1.807, 2.05) is 6.92 Å². The van der Waals surface area contributed by atoms with E-state index >= 15 is 0 Å². The van der Waals surface area contributed by atoms with Gasteiger partial charge in [-0.05, 0) is 24.6 Å². The lowest BCUT2D eigenvalue weighted by Crippen LogP contribution is -2.23. The summed E-state index contributed by atoms with van der Waals surface area (Å²) in [5.41, 5.74) is 5.77. The molecule has 3 N–H and O–H groups in total. The number of rotatable bonds is 6. The minimum absolute atomic E-state index is 0.302. The molecule has 1 amide bonds. The Balaban J connectivity index is 2.87. The normalized spacial score (nSPS) is 11.8. The van der Waals surface area contributed by atoms with E-state index in [4.69, 9.17) is 15.6 Å². The lowest BCUT2D eigenvalue weighted by atomic mass is 9.95. The average Bonchev–Trinajstić information content (AvgIpc) is 2.27. The van der Waals surface area contributed by atoms with Crippen molar-refractivity contribution in [1.82, 2.24) is 0 Å². The molecule has 92 valence electrons. The number of nitrogens with two attached hydrogens (primary N) is 1. The molecule has 1 unspecified atom stereocenters. The van der Waals surface area contributed by atoms with Gasteiger partial charge < -0.3 is 15.6 Å². The Morgan fingerprint density at radius 1 is 1.35 bits per heavy atom. The first kappa shape index (κ1) is 13.0. The molecule has 17 heavy (non-hydrogen) atoms. The van der Waals surface area contributed by atoms with Crippen LogP contribution in [0.3, 0.4) is 0 Å². The molecule has 0 fully saturated rings. The summed E-state index contributed by atoms with van der Waals surface area (Å²) in [6, 6.07) is 6.69. The Hall–Kier alpha value is -2.04. The van der Waals surface area contributed by atoms with Crippen LogP contribution in [0, 0.1) is 0 Å². The standard InChI is InChI=1S/C12H15NO4/c1-2-17-9-5-3-8(4-6-9)10(12(13)16)7-11(14)15/h3-6,10H,2,7H2,1H3,(H2,13,16)(H,14,15). The van der Waals surface area contributed by atoms with Crippen LogP contribution in [-0.4, -0.2) is 23.6 Å². The van der Waals surface area contributed by atoms with E-state index in [1.54, 1.807) is 24.3 Å². The van der Waals surface area contributed by atoms with E-state index in [0.29, 0.717) is 17.9 Å². The summed E-state index contributed by atoms with van der Waals surface area (Å²) in [7, 11) is 0. The van der Waals surface area contributed by atoms with Crippen molar-refractivity contribution in [2.45, 2.75) is 19.3 Å². The summed E-state index contributed by atoms with van der Waals surface area (Å²) < 4.78 is 5.25. The first-order valence-corrected chi connectivity index (χ1v) is 5.28. The van der Waals surface area contributed by atoms with Crippen molar-refractivity contribution in [3.8, 4) is 5.75 Å². The molecule has 1 aromatic rings. The van der Waals surface area contributed by atoms with Gasteiger partial charge >= 0.3 is 5.97 Å². The summed E-state index contributed by atoms with van der Waals surface area (Å²) in [6.45, 7) is 2.41. The molecule has 5 heteroatoms. The van der Waals surface area contributed by atoms with Gasteiger partial charge in [-0.15, -0.1) is 0 Å². The van der Waals surface area contributed by atoms with E-state index in [1.165, 1.54) is 0 Å². The van der Waals surface area contributed by atoms with E-state index in [9.17, 15) is 9.59 Å². The third-order valence-corrected chi connectivity index (χ3v) is 2.32. The zero-order chi connectivity index (χ0) is 12.8. The maximum atomic E-state index is 11.2. The van der Waals surface area contributed by atoms with Gasteiger partial charge in [0.1, 0.15) is 5.75 Å². The first-order valence-electron chi connectivity index (χ1n) is 5.28. The predicted molar refractivity (Wildman–Crippen MR) is 61.8 cm³/mol. The summed E-state index contributed by atoms with van der Waals surface area (Å²) in [6.07, 6.45) is -0.302. The number of carbonyl (C=O) groups is 2. The molecule has 0 aromatic heterocycles. The molecule has 0 heterocycles. The van der Waals surface area contributed by atoms with Gasteiger partial charge in [0.05, 0.1) is 18.9 Å². The summed E-state index contributed by atoms with van der Waals surface area (Å²) in [5.74, 6) is -1.82. The number of aliphatic carboxylic acids is 1. The highest BCUT2D eigenvalue weighted by Crippen LogP contribution is 2.22. The Bertz CT molecular complexity index is 399. The summed E-state index contributed by atoms with van der Waals surface area (Å²) >= 11 is 0. The number of benzene rings is 1. The van der Waals surface area contributed by atoms with Crippen LogP contribution < -0.4 is 10.5 Å². The molecular weight excluding hydrogens is 222 g/mol. The van der Waals surface area contributed by atoms with Crippen LogP contribution in [0.4, 0.5) is 0 Å². The molecule has 0 bridgehead atoms. The smallest absolute Gasteiger partial charge is 0.304 e. The van der Waals surface area contributed by atoms with Gasteiger partial charge in [0.15, 0.2) is 0 Å². The quantitative estimate of drug-likeness (QED) is 0.776. The second kappa shape index (κ2) is 5.89. The Labute approximate surface area is 99.2 Å². The van der Waals surface area contributed by atoms with Crippen LogP contribution in [0.2, 0.25) is 0 Å². The number of amides is 1. The molecule has 0 saturated heterocycles. The highest BCUT2D eigenvalue weighted by molar-refractivity contribution is 5.86. The highest BCUT2D eigenvalue weighted by Gasteiger charge is 2.21. The van der Waals surface area contributed by atoms with E-state index < -0.39 is 17.8 Å². The van der Waals surface area contributed by atoms with Gasteiger partial charge in [-0.25, -0.2) is 0 Å². The second-order valence-electron chi connectivity index (χ2n) is 3.55. The largest absolute Gasteiger partial charge is 0.494 e. The van der Waals surface area contributed by atoms with Gasteiger partial charge in [0.25, 0.3) is 0 Å².